The number of halogens is 1. The van der Waals surface area contributed by atoms with Gasteiger partial charge in [0.2, 0.25) is 11.8 Å². The zero-order valence-electron chi connectivity index (χ0n) is 15.9. The first-order valence-electron chi connectivity index (χ1n) is 8.77. The predicted octanol–water partition coefficient (Wildman–Crippen LogP) is 1.93. The molecule has 3 rings (SSSR count). The number of nitrogens with two attached hydrogens (primary N) is 1. The Morgan fingerprint density at radius 3 is 2.45 bits per heavy atom. The molecule has 8 nitrogen and oxygen atoms in total. The minimum Gasteiger partial charge on any atom is -0.493 e. The van der Waals surface area contributed by atoms with Crippen molar-refractivity contribution in [1.29, 1.82) is 0 Å². The second-order valence-corrected chi connectivity index (χ2v) is 6.46. The lowest BCUT2D eigenvalue weighted by molar-refractivity contribution is -0.122. The summed E-state index contributed by atoms with van der Waals surface area (Å²) in [6.45, 7) is 0.0186. The lowest BCUT2D eigenvalue weighted by Crippen LogP contribution is -2.29. The number of primary amides is 1. The molecule has 1 aliphatic heterocycles. The van der Waals surface area contributed by atoms with Gasteiger partial charge in [0.25, 0.3) is 5.91 Å². The number of carbonyl (C=O) groups is 3. The Balaban J connectivity index is 1.83. The molecule has 1 heterocycles. The van der Waals surface area contributed by atoms with Crippen LogP contribution in [0.5, 0.6) is 11.5 Å². The summed E-state index contributed by atoms with van der Waals surface area (Å²) in [5.41, 5.74) is 5.70. The summed E-state index contributed by atoms with van der Waals surface area (Å²) in [6.07, 6.45) is -0.0840. The molecule has 0 spiro atoms. The molecule has 0 aliphatic carbocycles. The third-order valence-corrected chi connectivity index (χ3v) is 4.69. The van der Waals surface area contributed by atoms with Gasteiger partial charge in [-0.3, -0.25) is 14.4 Å². The number of ether oxygens (including phenoxy) is 2. The minimum absolute atomic E-state index is 0.0186. The summed E-state index contributed by atoms with van der Waals surface area (Å²) >= 11 is 0. The van der Waals surface area contributed by atoms with Crippen molar-refractivity contribution in [3.8, 4) is 11.5 Å². The first-order chi connectivity index (χ1) is 13.8. The number of carbonyl (C=O) groups excluding carboxylic acids is 3. The third-order valence-electron chi connectivity index (χ3n) is 4.69. The molecular weight excluding hydrogens is 381 g/mol. The second kappa shape index (κ2) is 8.17. The fraction of sp³-hybridized carbons (Fsp3) is 0.250. The second-order valence-electron chi connectivity index (χ2n) is 6.46. The van der Waals surface area contributed by atoms with Crippen LogP contribution in [0, 0.1) is 11.7 Å². The van der Waals surface area contributed by atoms with E-state index in [1.54, 1.807) is 6.07 Å². The van der Waals surface area contributed by atoms with Crippen LogP contribution in [0.4, 0.5) is 15.8 Å². The van der Waals surface area contributed by atoms with E-state index in [9.17, 15) is 18.8 Å². The van der Waals surface area contributed by atoms with Crippen LogP contribution in [0.15, 0.2) is 36.4 Å². The average Bonchev–Trinajstić information content (AvgIpc) is 3.09. The van der Waals surface area contributed by atoms with Crippen molar-refractivity contribution in [2.75, 3.05) is 31.0 Å². The SMILES string of the molecule is COc1cc(NC(=O)C2CC(=O)N(c3ccccc3F)C2)c(C(N)=O)cc1OC. The van der Waals surface area contributed by atoms with Crippen LogP contribution in [-0.2, 0) is 9.59 Å². The molecule has 0 saturated carbocycles. The number of nitrogens with zero attached hydrogens (tertiary/aromatic N) is 1. The summed E-state index contributed by atoms with van der Waals surface area (Å²) in [4.78, 5) is 38.1. The van der Waals surface area contributed by atoms with Crippen molar-refractivity contribution in [3.05, 3.63) is 47.8 Å². The number of hydrogen-bond donors (Lipinski definition) is 2. The number of benzene rings is 2. The summed E-state index contributed by atoms with van der Waals surface area (Å²) in [5.74, 6) is -2.32. The van der Waals surface area contributed by atoms with E-state index in [1.165, 1.54) is 49.5 Å². The highest BCUT2D eigenvalue weighted by molar-refractivity contribution is 6.07. The van der Waals surface area contributed by atoms with E-state index in [-0.39, 0.29) is 41.6 Å². The lowest BCUT2D eigenvalue weighted by atomic mass is 10.1. The molecule has 0 aromatic heterocycles. The standard InChI is InChI=1S/C20H20FN3O5/c1-28-16-8-12(19(22)26)14(9-17(16)29-2)23-20(27)11-7-18(25)24(10-11)15-6-4-3-5-13(15)21/h3-6,8-9,11H,7,10H2,1-2H3,(H2,22,26)(H,23,27). The Morgan fingerprint density at radius 1 is 1.17 bits per heavy atom. The summed E-state index contributed by atoms with van der Waals surface area (Å²) in [5, 5.41) is 2.62. The average molecular weight is 401 g/mol. The lowest BCUT2D eigenvalue weighted by Gasteiger charge is -2.18. The predicted molar refractivity (Wildman–Crippen MR) is 104 cm³/mol. The molecule has 0 radical (unpaired) electrons. The molecule has 29 heavy (non-hydrogen) atoms. The summed E-state index contributed by atoms with van der Waals surface area (Å²) < 4.78 is 24.3. The monoisotopic (exact) mass is 401 g/mol. The van der Waals surface area contributed by atoms with Gasteiger partial charge < -0.3 is 25.4 Å². The van der Waals surface area contributed by atoms with Crippen molar-refractivity contribution in [2.24, 2.45) is 11.7 Å². The van der Waals surface area contributed by atoms with E-state index in [0.717, 1.165) is 0 Å². The van der Waals surface area contributed by atoms with Crippen molar-refractivity contribution in [3.63, 3.8) is 0 Å². The van der Waals surface area contributed by atoms with Crippen LogP contribution in [-0.4, -0.2) is 38.5 Å². The molecule has 2 aromatic carbocycles. The third kappa shape index (κ3) is 3.98. The number of amides is 3. The van der Waals surface area contributed by atoms with Crippen LogP contribution in [0.2, 0.25) is 0 Å². The number of rotatable bonds is 6. The van der Waals surface area contributed by atoms with Gasteiger partial charge in [-0.1, -0.05) is 12.1 Å². The molecule has 152 valence electrons. The Kier molecular flexibility index (Phi) is 5.67. The van der Waals surface area contributed by atoms with Crippen LogP contribution >= 0.6 is 0 Å². The molecule has 3 N–H and O–H groups in total. The molecule has 9 heteroatoms. The van der Waals surface area contributed by atoms with Gasteiger partial charge in [-0.2, -0.15) is 0 Å². The van der Waals surface area contributed by atoms with Crippen molar-refractivity contribution < 1.29 is 28.2 Å². The summed E-state index contributed by atoms with van der Waals surface area (Å²) in [6, 6.07) is 8.64. The Hall–Kier alpha value is -3.62. The number of para-hydroxylation sites is 1. The van der Waals surface area contributed by atoms with E-state index in [1.807, 2.05) is 0 Å². The maximum Gasteiger partial charge on any atom is 0.250 e. The van der Waals surface area contributed by atoms with Gasteiger partial charge in [-0.15, -0.1) is 0 Å². The number of nitrogens with one attached hydrogen (secondary N) is 1. The molecule has 2 aromatic rings. The molecule has 1 saturated heterocycles. The number of anilines is 2. The smallest absolute Gasteiger partial charge is 0.250 e. The first-order valence-corrected chi connectivity index (χ1v) is 8.77. The highest BCUT2D eigenvalue weighted by Gasteiger charge is 2.36. The van der Waals surface area contributed by atoms with Gasteiger partial charge in [-0.25, -0.2) is 4.39 Å². The molecule has 1 unspecified atom stereocenters. The Bertz CT molecular complexity index is 979. The van der Waals surface area contributed by atoms with E-state index >= 15 is 0 Å². The maximum absolute atomic E-state index is 14.0. The topological polar surface area (TPSA) is 111 Å². The van der Waals surface area contributed by atoms with Crippen LogP contribution in [0.1, 0.15) is 16.8 Å². The quantitative estimate of drug-likeness (QED) is 0.768. The van der Waals surface area contributed by atoms with Crippen LogP contribution in [0.25, 0.3) is 0 Å². The molecule has 1 fully saturated rings. The highest BCUT2D eigenvalue weighted by Crippen LogP contribution is 2.34. The largest absolute Gasteiger partial charge is 0.493 e. The van der Waals surface area contributed by atoms with E-state index < -0.39 is 23.5 Å². The van der Waals surface area contributed by atoms with E-state index in [0.29, 0.717) is 5.75 Å². The molecule has 1 aliphatic rings. The first kappa shape index (κ1) is 20.1. The van der Waals surface area contributed by atoms with Gasteiger partial charge in [0.05, 0.1) is 37.1 Å². The minimum atomic E-state index is -0.767. The molecular formula is C20H20FN3O5. The van der Waals surface area contributed by atoms with Gasteiger partial charge in [0.1, 0.15) is 5.82 Å². The molecule has 1 atom stereocenters. The molecule has 3 amide bonds. The van der Waals surface area contributed by atoms with E-state index in [2.05, 4.69) is 5.32 Å². The van der Waals surface area contributed by atoms with E-state index in [4.69, 9.17) is 15.2 Å². The van der Waals surface area contributed by atoms with Crippen molar-refractivity contribution in [1.82, 2.24) is 0 Å². The van der Waals surface area contributed by atoms with Gasteiger partial charge in [-0.05, 0) is 18.2 Å². The fourth-order valence-electron chi connectivity index (χ4n) is 3.21. The normalized spacial score (nSPS) is 15.9. The zero-order valence-corrected chi connectivity index (χ0v) is 15.9. The maximum atomic E-state index is 14.0. The van der Waals surface area contributed by atoms with Gasteiger partial charge in [0.15, 0.2) is 11.5 Å². The highest BCUT2D eigenvalue weighted by atomic mass is 19.1. The van der Waals surface area contributed by atoms with Crippen molar-refractivity contribution >= 4 is 29.1 Å². The zero-order chi connectivity index (χ0) is 21.1. The van der Waals surface area contributed by atoms with Gasteiger partial charge in [0, 0.05) is 19.0 Å². The van der Waals surface area contributed by atoms with Crippen LogP contribution in [0.3, 0.4) is 0 Å². The summed E-state index contributed by atoms with van der Waals surface area (Å²) in [7, 11) is 2.82. The molecule has 0 bridgehead atoms. The fourth-order valence-corrected chi connectivity index (χ4v) is 3.21. The van der Waals surface area contributed by atoms with Crippen molar-refractivity contribution in [2.45, 2.75) is 6.42 Å². The Morgan fingerprint density at radius 2 is 1.83 bits per heavy atom. The van der Waals surface area contributed by atoms with Gasteiger partial charge >= 0.3 is 0 Å². The number of hydrogen-bond acceptors (Lipinski definition) is 5. The number of methoxy groups -OCH3 is 2. The van der Waals surface area contributed by atoms with Crippen LogP contribution < -0.4 is 25.4 Å². The Labute approximate surface area is 166 Å².